The number of carbonyl (C=O) groups is 1. The van der Waals surface area contributed by atoms with Gasteiger partial charge in [0.1, 0.15) is 17.6 Å². The number of carbonyl (C=O) groups excluding carboxylic acids is 1. The second-order valence-electron chi connectivity index (χ2n) is 7.19. The van der Waals surface area contributed by atoms with Crippen LogP contribution in [0.1, 0.15) is 19.4 Å². The van der Waals surface area contributed by atoms with Crippen LogP contribution in [0.2, 0.25) is 0 Å². The van der Waals surface area contributed by atoms with Crippen LogP contribution in [0.5, 0.6) is 0 Å². The standard InChI is InChI=1S/C23H23N3O4/c1-4-24(5-2)19(27)14-25-20-17-8-6-7-9-18(17)30-21(20)22(28)26(23(25)29)16-12-10-15(3)11-13-16/h6-13H,4-5,14H2,1-3H3. The van der Waals surface area contributed by atoms with Crippen molar-refractivity contribution < 1.29 is 9.21 Å². The number of rotatable bonds is 5. The molecule has 0 saturated carbocycles. The molecule has 0 fully saturated rings. The molecule has 0 spiro atoms. The summed E-state index contributed by atoms with van der Waals surface area (Å²) in [5, 5.41) is 0.630. The van der Waals surface area contributed by atoms with E-state index in [0.29, 0.717) is 35.3 Å². The molecule has 154 valence electrons. The summed E-state index contributed by atoms with van der Waals surface area (Å²) in [4.78, 5) is 41.2. The highest BCUT2D eigenvalue weighted by Gasteiger charge is 2.23. The molecule has 0 radical (unpaired) electrons. The second-order valence-corrected chi connectivity index (χ2v) is 7.19. The van der Waals surface area contributed by atoms with Crippen LogP contribution >= 0.6 is 0 Å². The Hall–Kier alpha value is -3.61. The van der Waals surface area contributed by atoms with E-state index in [4.69, 9.17) is 4.42 Å². The van der Waals surface area contributed by atoms with E-state index in [1.54, 1.807) is 35.2 Å². The third kappa shape index (κ3) is 3.12. The Morgan fingerprint density at radius 2 is 1.67 bits per heavy atom. The number of hydrogen-bond donors (Lipinski definition) is 0. The Morgan fingerprint density at radius 3 is 2.33 bits per heavy atom. The average molecular weight is 405 g/mol. The van der Waals surface area contributed by atoms with Gasteiger partial charge in [0.05, 0.1) is 5.69 Å². The first-order chi connectivity index (χ1) is 14.5. The lowest BCUT2D eigenvalue weighted by molar-refractivity contribution is -0.131. The predicted octanol–water partition coefficient (Wildman–Crippen LogP) is 3.08. The van der Waals surface area contributed by atoms with E-state index in [0.717, 1.165) is 10.1 Å². The first kappa shape index (κ1) is 19.7. The fraction of sp³-hybridized carbons (Fsp3) is 0.261. The summed E-state index contributed by atoms with van der Waals surface area (Å²) < 4.78 is 8.26. The monoisotopic (exact) mass is 405 g/mol. The third-order valence-corrected chi connectivity index (χ3v) is 5.36. The van der Waals surface area contributed by atoms with Gasteiger partial charge in [-0.15, -0.1) is 0 Å². The summed E-state index contributed by atoms with van der Waals surface area (Å²) in [6.45, 7) is 6.61. The van der Waals surface area contributed by atoms with Crippen LogP contribution < -0.4 is 11.2 Å². The molecule has 0 atom stereocenters. The van der Waals surface area contributed by atoms with Crippen molar-refractivity contribution in [3.8, 4) is 5.69 Å². The lowest BCUT2D eigenvalue weighted by atomic mass is 10.2. The fourth-order valence-electron chi connectivity index (χ4n) is 3.73. The zero-order valence-corrected chi connectivity index (χ0v) is 17.2. The minimum absolute atomic E-state index is 0.0590. The lowest BCUT2D eigenvalue weighted by Gasteiger charge is -2.20. The van der Waals surface area contributed by atoms with Crippen molar-refractivity contribution in [2.75, 3.05) is 13.1 Å². The van der Waals surface area contributed by atoms with Gasteiger partial charge in [0.25, 0.3) is 0 Å². The van der Waals surface area contributed by atoms with Gasteiger partial charge < -0.3 is 9.32 Å². The summed E-state index contributed by atoms with van der Waals surface area (Å²) in [5.74, 6) is -0.192. The quantitative estimate of drug-likeness (QED) is 0.511. The molecule has 30 heavy (non-hydrogen) atoms. The molecular weight excluding hydrogens is 382 g/mol. The third-order valence-electron chi connectivity index (χ3n) is 5.36. The maximum absolute atomic E-state index is 13.5. The summed E-state index contributed by atoms with van der Waals surface area (Å²) in [6.07, 6.45) is 0. The maximum Gasteiger partial charge on any atom is 0.336 e. The van der Waals surface area contributed by atoms with Crippen LogP contribution in [-0.4, -0.2) is 33.0 Å². The smallest absolute Gasteiger partial charge is 0.336 e. The Balaban J connectivity index is 2.06. The van der Waals surface area contributed by atoms with Crippen molar-refractivity contribution in [2.24, 2.45) is 0 Å². The summed E-state index contributed by atoms with van der Waals surface area (Å²) in [6, 6.07) is 14.2. The van der Waals surface area contributed by atoms with Gasteiger partial charge in [0.15, 0.2) is 0 Å². The minimum atomic E-state index is -0.566. The molecule has 0 unspecified atom stereocenters. The van der Waals surface area contributed by atoms with Gasteiger partial charge in [-0.25, -0.2) is 9.36 Å². The lowest BCUT2D eigenvalue weighted by Crippen LogP contribution is -2.42. The number of likely N-dealkylation sites (N-methyl/N-ethyl adjacent to an activating group) is 1. The zero-order chi connectivity index (χ0) is 21.4. The van der Waals surface area contributed by atoms with E-state index in [9.17, 15) is 14.4 Å². The Kier molecular flexibility index (Phi) is 5.03. The van der Waals surface area contributed by atoms with Crippen molar-refractivity contribution >= 4 is 28.0 Å². The van der Waals surface area contributed by atoms with E-state index >= 15 is 0 Å². The van der Waals surface area contributed by atoms with Gasteiger partial charge in [-0.1, -0.05) is 29.8 Å². The van der Waals surface area contributed by atoms with Crippen molar-refractivity contribution in [2.45, 2.75) is 27.3 Å². The summed E-state index contributed by atoms with van der Waals surface area (Å²) in [7, 11) is 0. The van der Waals surface area contributed by atoms with Crippen molar-refractivity contribution in [3.63, 3.8) is 0 Å². The maximum atomic E-state index is 13.5. The molecule has 4 aromatic rings. The van der Waals surface area contributed by atoms with E-state index in [1.165, 1.54) is 4.57 Å². The topological polar surface area (TPSA) is 77.5 Å². The molecule has 7 heteroatoms. The number of para-hydroxylation sites is 1. The van der Waals surface area contributed by atoms with Gasteiger partial charge in [-0.05, 0) is 45.0 Å². The SMILES string of the molecule is CCN(CC)C(=O)Cn1c(=O)n(-c2ccc(C)cc2)c(=O)c2oc3ccccc3c21. The number of benzene rings is 2. The van der Waals surface area contributed by atoms with Crippen LogP contribution in [0.3, 0.4) is 0 Å². The molecule has 2 heterocycles. The minimum Gasteiger partial charge on any atom is -0.449 e. The zero-order valence-electron chi connectivity index (χ0n) is 17.2. The van der Waals surface area contributed by atoms with Gasteiger partial charge in [0, 0.05) is 18.5 Å². The molecule has 7 nitrogen and oxygen atoms in total. The predicted molar refractivity (Wildman–Crippen MR) is 116 cm³/mol. The molecule has 0 N–H and O–H groups in total. The molecule has 0 saturated heterocycles. The summed E-state index contributed by atoms with van der Waals surface area (Å²) in [5.41, 5.74) is 1.24. The highest BCUT2D eigenvalue weighted by atomic mass is 16.3. The second kappa shape index (κ2) is 7.67. The van der Waals surface area contributed by atoms with Crippen LogP contribution in [-0.2, 0) is 11.3 Å². The Labute approximate surface area is 172 Å². The van der Waals surface area contributed by atoms with Gasteiger partial charge in [0.2, 0.25) is 11.5 Å². The molecule has 1 amide bonds. The fourth-order valence-corrected chi connectivity index (χ4v) is 3.73. The number of fused-ring (bicyclic) bond motifs is 3. The van der Waals surface area contributed by atoms with E-state index in [2.05, 4.69) is 0 Å². The van der Waals surface area contributed by atoms with Crippen LogP contribution in [0, 0.1) is 6.92 Å². The van der Waals surface area contributed by atoms with Crippen molar-refractivity contribution in [1.82, 2.24) is 14.0 Å². The van der Waals surface area contributed by atoms with Crippen LogP contribution in [0.25, 0.3) is 27.8 Å². The number of nitrogens with zero attached hydrogens (tertiary/aromatic N) is 3. The average Bonchev–Trinajstić information content (AvgIpc) is 3.13. The number of aryl methyl sites for hydroxylation is 1. The molecule has 4 rings (SSSR count). The largest absolute Gasteiger partial charge is 0.449 e. The van der Waals surface area contributed by atoms with Crippen LogP contribution in [0.15, 0.2) is 62.5 Å². The molecule has 0 bridgehead atoms. The molecule has 2 aromatic heterocycles. The van der Waals surface area contributed by atoms with Gasteiger partial charge in [-0.2, -0.15) is 0 Å². The van der Waals surface area contributed by atoms with E-state index in [1.807, 2.05) is 39.0 Å². The van der Waals surface area contributed by atoms with Crippen molar-refractivity contribution in [1.29, 1.82) is 0 Å². The van der Waals surface area contributed by atoms with Gasteiger partial charge in [-0.3, -0.25) is 14.2 Å². The first-order valence-electron chi connectivity index (χ1n) is 9.98. The van der Waals surface area contributed by atoms with Crippen molar-refractivity contribution in [3.05, 3.63) is 74.9 Å². The molecular formula is C23H23N3O4. The first-order valence-corrected chi connectivity index (χ1v) is 9.98. The van der Waals surface area contributed by atoms with E-state index in [-0.39, 0.29) is 18.0 Å². The van der Waals surface area contributed by atoms with Crippen LogP contribution in [0.4, 0.5) is 0 Å². The Bertz CT molecular complexity index is 1360. The summed E-state index contributed by atoms with van der Waals surface area (Å²) >= 11 is 0. The molecule has 2 aromatic carbocycles. The van der Waals surface area contributed by atoms with Gasteiger partial charge >= 0.3 is 11.2 Å². The molecule has 0 aliphatic heterocycles. The number of aromatic nitrogens is 2. The Morgan fingerprint density at radius 1 is 1.00 bits per heavy atom. The highest BCUT2D eigenvalue weighted by molar-refractivity contribution is 6.02. The number of hydrogen-bond acceptors (Lipinski definition) is 4. The number of furan rings is 1. The van der Waals surface area contributed by atoms with E-state index < -0.39 is 11.2 Å². The highest BCUT2D eigenvalue weighted by Crippen LogP contribution is 2.26. The number of amides is 1. The normalized spacial score (nSPS) is 11.3. The molecule has 0 aliphatic rings. The molecule has 0 aliphatic carbocycles.